The first-order chi connectivity index (χ1) is 10.9. The molecule has 0 amide bonds. The minimum Gasteiger partial charge on any atom is -1.00 e. The van der Waals surface area contributed by atoms with Gasteiger partial charge >= 0.3 is 26.2 Å². The number of aliphatic hydroxyl groups is 1. The molecule has 4 rings (SSSR count). The zero-order valence-electron chi connectivity index (χ0n) is 14.7. The largest absolute Gasteiger partial charge is 3.00 e. The molecule has 0 aromatic heterocycles. The van der Waals surface area contributed by atoms with Gasteiger partial charge in [-0.2, -0.15) is 45.5 Å². The van der Waals surface area contributed by atoms with E-state index in [-0.39, 0.29) is 38.6 Å². The molecule has 0 saturated heterocycles. The van der Waals surface area contributed by atoms with E-state index in [0.717, 1.165) is 7.11 Å². The van der Waals surface area contributed by atoms with Gasteiger partial charge in [-0.15, -0.1) is 0 Å². The van der Waals surface area contributed by atoms with E-state index >= 15 is 0 Å². The van der Waals surface area contributed by atoms with Gasteiger partial charge in [-0.25, -0.2) is 12.1 Å². The van der Waals surface area contributed by atoms with Crippen molar-refractivity contribution in [3.05, 3.63) is 57.6 Å². The van der Waals surface area contributed by atoms with Crippen LogP contribution in [0.25, 0.3) is 0 Å². The third-order valence-electron chi connectivity index (χ3n) is 5.25. The van der Waals surface area contributed by atoms with Gasteiger partial charge in [0.25, 0.3) is 0 Å². The number of hydrogen-bond donors (Lipinski definition) is 1. The summed E-state index contributed by atoms with van der Waals surface area (Å²) < 4.78 is 0. The van der Waals surface area contributed by atoms with Crippen molar-refractivity contribution in [1.29, 1.82) is 0 Å². The summed E-state index contributed by atoms with van der Waals surface area (Å²) in [7, 11) is 1.00. The number of halogens is 1. The molecule has 0 bridgehead atoms. The van der Waals surface area contributed by atoms with Crippen molar-refractivity contribution in [2.24, 2.45) is 0 Å². The van der Waals surface area contributed by atoms with Crippen LogP contribution in [-0.2, 0) is 64.7 Å². The van der Waals surface area contributed by atoms with E-state index in [9.17, 15) is 0 Å². The van der Waals surface area contributed by atoms with Crippen molar-refractivity contribution >= 4 is 0 Å². The molecule has 3 heteroatoms. The molecule has 1 nitrogen and oxygen atoms in total. The Hall–Kier alpha value is -0.167. The SMILES string of the molecule is CO.[Cl-].[Zr+3].c1c(CCc2cc3c([cH-]2)CCCC3)[cH-]c2c1CCCC2. The van der Waals surface area contributed by atoms with Crippen molar-refractivity contribution in [1.82, 2.24) is 0 Å². The average molecular weight is 423 g/mol. The van der Waals surface area contributed by atoms with Crippen LogP contribution < -0.4 is 12.4 Å². The molecule has 2 aromatic rings. The summed E-state index contributed by atoms with van der Waals surface area (Å²) in [6, 6.07) is 9.93. The fourth-order valence-electron chi connectivity index (χ4n) is 4.12. The molecule has 2 aromatic carbocycles. The molecule has 2 aliphatic rings. The molecular weight excluding hydrogens is 395 g/mol. The van der Waals surface area contributed by atoms with Gasteiger partial charge in [0, 0.05) is 7.11 Å². The van der Waals surface area contributed by atoms with Crippen LogP contribution in [0.3, 0.4) is 0 Å². The Balaban J connectivity index is 0.000000695. The minimum atomic E-state index is 0. The van der Waals surface area contributed by atoms with E-state index in [0.29, 0.717) is 0 Å². The fourth-order valence-corrected chi connectivity index (χ4v) is 4.12. The second-order valence-corrected chi connectivity index (χ2v) is 6.74. The van der Waals surface area contributed by atoms with E-state index in [1.54, 1.807) is 33.4 Å². The Labute approximate surface area is 172 Å². The summed E-state index contributed by atoms with van der Waals surface area (Å²) in [5.41, 5.74) is 9.74. The quantitative estimate of drug-likeness (QED) is 0.738. The molecule has 1 radical (unpaired) electrons. The van der Waals surface area contributed by atoms with Crippen molar-refractivity contribution in [2.45, 2.75) is 64.2 Å². The first-order valence-electron chi connectivity index (χ1n) is 8.88. The molecule has 24 heavy (non-hydrogen) atoms. The maximum Gasteiger partial charge on any atom is 3.00 e. The van der Waals surface area contributed by atoms with E-state index in [1.807, 2.05) is 0 Å². The van der Waals surface area contributed by atoms with Gasteiger partial charge in [-0.1, -0.05) is 51.4 Å². The standard InChI is InChI=1S/C20H24.CH4O.ClH.Zr/c1-2-6-18-12-15(11-17(18)5-1)9-10-16-13-19-7-3-4-8-20(19)14-16;1-2;;/h11-14H,1-10H2;2H,1H3;1H;/q-2;;;+3/p-1. The first kappa shape index (κ1) is 21.9. The van der Waals surface area contributed by atoms with Crippen LogP contribution in [0.1, 0.15) is 59.1 Å². The molecule has 0 fully saturated rings. The number of fused-ring (bicyclic) bond motifs is 2. The molecule has 0 spiro atoms. The third-order valence-corrected chi connectivity index (χ3v) is 5.25. The Kier molecular flexibility index (Phi) is 9.79. The van der Waals surface area contributed by atoms with Crippen LogP contribution in [-0.4, -0.2) is 12.2 Å². The van der Waals surface area contributed by atoms with Crippen molar-refractivity contribution in [3.63, 3.8) is 0 Å². The third kappa shape index (κ3) is 5.16. The van der Waals surface area contributed by atoms with E-state index < -0.39 is 0 Å². The van der Waals surface area contributed by atoms with Crippen molar-refractivity contribution in [2.75, 3.05) is 7.11 Å². The minimum absolute atomic E-state index is 0. The molecule has 2 aliphatic carbocycles. The molecular formula is C21H28ClOZr. The molecule has 129 valence electrons. The maximum absolute atomic E-state index is 7.00. The van der Waals surface area contributed by atoms with Crippen LogP contribution in [0.4, 0.5) is 0 Å². The molecule has 0 unspecified atom stereocenters. The predicted octanol–water partition coefficient (Wildman–Crippen LogP) is 1.28. The van der Waals surface area contributed by atoms with Crippen LogP contribution in [0.15, 0.2) is 24.3 Å². The van der Waals surface area contributed by atoms with E-state index in [4.69, 9.17) is 5.11 Å². The Morgan fingerprint density at radius 2 is 1.12 bits per heavy atom. The van der Waals surface area contributed by atoms with Crippen molar-refractivity contribution in [3.8, 4) is 0 Å². The monoisotopic (exact) mass is 421 g/mol. The summed E-state index contributed by atoms with van der Waals surface area (Å²) in [4.78, 5) is 0. The Morgan fingerprint density at radius 3 is 1.50 bits per heavy atom. The van der Waals surface area contributed by atoms with Gasteiger partial charge in [0.05, 0.1) is 0 Å². The second-order valence-electron chi connectivity index (χ2n) is 6.74. The van der Waals surface area contributed by atoms with E-state index in [1.165, 1.54) is 64.2 Å². The number of rotatable bonds is 3. The molecule has 0 saturated carbocycles. The summed E-state index contributed by atoms with van der Waals surface area (Å²) in [5.74, 6) is 0. The van der Waals surface area contributed by atoms with Crippen LogP contribution in [0.2, 0.25) is 0 Å². The average Bonchev–Trinajstić information content (AvgIpc) is 3.17. The number of aryl methyl sites for hydroxylation is 6. The first-order valence-corrected chi connectivity index (χ1v) is 8.88. The van der Waals surface area contributed by atoms with Gasteiger partial charge in [0.1, 0.15) is 0 Å². The normalized spacial score (nSPS) is 15.1. The number of hydrogen-bond acceptors (Lipinski definition) is 1. The zero-order chi connectivity index (χ0) is 15.4. The molecule has 0 aliphatic heterocycles. The van der Waals surface area contributed by atoms with Gasteiger partial charge < -0.3 is 17.5 Å². The number of aliphatic hydroxyl groups excluding tert-OH is 1. The summed E-state index contributed by atoms with van der Waals surface area (Å²) in [6.45, 7) is 0. The molecule has 1 N–H and O–H groups in total. The Morgan fingerprint density at radius 1 is 0.750 bits per heavy atom. The van der Waals surface area contributed by atoms with Gasteiger partial charge in [-0.3, -0.25) is 0 Å². The van der Waals surface area contributed by atoms with Crippen LogP contribution >= 0.6 is 0 Å². The summed E-state index contributed by atoms with van der Waals surface area (Å²) in [5, 5.41) is 7.00. The van der Waals surface area contributed by atoms with Gasteiger partial charge in [-0.05, 0) is 12.8 Å². The Bertz CT molecular complexity index is 510. The van der Waals surface area contributed by atoms with Gasteiger partial charge in [0.15, 0.2) is 0 Å². The topological polar surface area (TPSA) is 20.2 Å². The zero-order valence-corrected chi connectivity index (χ0v) is 17.9. The fraction of sp³-hybridized carbons (Fsp3) is 0.524. The van der Waals surface area contributed by atoms with Crippen LogP contribution in [0.5, 0.6) is 0 Å². The second kappa shape index (κ2) is 10.7. The smallest absolute Gasteiger partial charge is 1.00 e. The van der Waals surface area contributed by atoms with E-state index in [2.05, 4.69) is 24.3 Å². The molecule has 0 atom stereocenters. The maximum atomic E-state index is 7.00. The summed E-state index contributed by atoms with van der Waals surface area (Å²) in [6.07, 6.45) is 13.3. The van der Waals surface area contributed by atoms with Crippen LogP contribution in [0, 0.1) is 0 Å². The van der Waals surface area contributed by atoms with Gasteiger partial charge in [0.2, 0.25) is 0 Å². The molecule has 0 heterocycles. The van der Waals surface area contributed by atoms with Crippen molar-refractivity contribution < 1.29 is 43.7 Å². The summed E-state index contributed by atoms with van der Waals surface area (Å²) >= 11 is 0. The predicted molar refractivity (Wildman–Crippen MR) is 92.9 cm³/mol.